The van der Waals surface area contributed by atoms with Crippen LogP contribution in [0.25, 0.3) is 21.8 Å². The Bertz CT molecular complexity index is 1180. The zero-order chi connectivity index (χ0) is 19.7. The molecule has 0 saturated heterocycles. The van der Waals surface area contributed by atoms with Crippen LogP contribution in [0.3, 0.4) is 0 Å². The van der Waals surface area contributed by atoms with Gasteiger partial charge in [0, 0.05) is 47.0 Å². The van der Waals surface area contributed by atoms with Crippen LogP contribution in [0, 0.1) is 10.1 Å². The third-order valence-corrected chi connectivity index (χ3v) is 5.03. The number of nitrogens with one attached hydrogen (secondary N) is 1. The number of fused-ring (bicyclic) bond motifs is 3. The third kappa shape index (κ3) is 3.03. The van der Waals surface area contributed by atoms with Crippen molar-refractivity contribution in [2.24, 2.45) is 0 Å². The Hall–Kier alpha value is -3.54. The fraction of sp³-hybridized carbons (Fsp3) is 0.182. The van der Waals surface area contributed by atoms with Crippen molar-refractivity contribution in [3.63, 3.8) is 0 Å². The second-order valence-electron chi connectivity index (χ2n) is 6.61. The number of non-ortho nitro benzene ring substituents is 1. The maximum atomic E-state index is 11.1. The molecule has 0 fully saturated rings. The number of nitrogens with zero attached hydrogens (tertiary/aromatic N) is 2. The maximum Gasteiger partial charge on any atom is 0.271 e. The summed E-state index contributed by atoms with van der Waals surface area (Å²) in [5.74, 6) is 0.578. The van der Waals surface area contributed by atoms with Gasteiger partial charge < -0.3 is 14.6 Å². The van der Waals surface area contributed by atoms with Crippen molar-refractivity contribution in [3.8, 4) is 5.75 Å². The number of para-hydroxylation sites is 1. The Balaban J connectivity index is 1.69. The number of aryl methyl sites for hydroxylation is 1. The van der Waals surface area contributed by atoms with Crippen LogP contribution in [0.4, 0.5) is 11.4 Å². The van der Waals surface area contributed by atoms with E-state index < -0.39 is 4.92 Å². The first kappa shape index (κ1) is 17.9. The number of nitro benzene ring substituents is 1. The Morgan fingerprint density at radius 3 is 2.57 bits per heavy atom. The molecule has 0 atom stereocenters. The lowest BCUT2D eigenvalue weighted by Gasteiger charge is -2.11. The van der Waals surface area contributed by atoms with Crippen LogP contribution in [-0.4, -0.2) is 16.6 Å². The smallest absolute Gasteiger partial charge is 0.271 e. The van der Waals surface area contributed by atoms with Crippen LogP contribution < -0.4 is 10.1 Å². The average molecular weight is 375 g/mol. The highest BCUT2D eigenvalue weighted by Gasteiger charge is 2.12. The van der Waals surface area contributed by atoms with Crippen LogP contribution >= 0.6 is 0 Å². The molecule has 6 heteroatoms. The predicted molar refractivity (Wildman–Crippen MR) is 112 cm³/mol. The molecule has 4 aromatic rings. The predicted octanol–water partition coefficient (Wildman–Crippen LogP) is 5.34. The molecule has 6 nitrogen and oxygen atoms in total. The van der Waals surface area contributed by atoms with Crippen LogP contribution in [-0.2, 0) is 13.1 Å². The number of anilines is 1. The van der Waals surface area contributed by atoms with Gasteiger partial charge in [-0.1, -0.05) is 24.3 Å². The minimum absolute atomic E-state index is 0.0322. The molecule has 0 saturated carbocycles. The fourth-order valence-electron chi connectivity index (χ4n) is 3.70. The molecule has 1 N–H and O–H groups in total. The number of benzene rings is 3. The molecule has 4 rings (SSSR count). The zero-order valence-electron chi connectivity index (χ0n) is 15.8. The lowest BCUT2D eigenvalue weighted by atomic mass is 10.1. The van der Waals surface area contributed by atoms with Crippen LogP contribution in [0.15, 0.2) is 60.7 Å². The van der Waals surface area contributed by atoms with Crippen LogP contribution in [0.1, 0.15) is 12.5 Å². The standard InChI is InChI=1S/C22H21N3O3/c1-3-24-20-7-5-4-6-17(20)18-12-15(8-10-21(18)24)14-23-19-13-16(25(26)27)9-11-22(19)28-2/h4-13,23H,3,14H2,1-2H3. The van der Waals surface area contributed by atoms with Gasteiger partial charge in [-0.3, -0.25) is 10.1 Å². The van der Waals surface area contributed by atoms with Crippen molar-refractivity contribution in [3.05, 3.63) is 76.3 Å². The zero-order valence-corrected chi connectivity index (χ0v) is 15.8. The summed E-state index contributed by atoms with van der Waals surface area (Å²) >= 11 is 0. The minimum atomic E-state index is -0.406. The monoisotopic (exact) mass is 375 g/mol. The molecule has 0 aliphatic heterocycles. The second-order valence-corrected chi connectivity index (χ2v) is 6.61. The van der Waals surface area contributed by atoms with Crippen molar-refractivity contribution >= 4 is 33.2 Å². The van der Waals surface area contributed by atoms with Gasteiger partial charge in [0.2, 0.25) is 0 Å². The van der Waals surface area contributed by atoms with E-state index in [0.29, 0.717) is 18.0 Å². The van der Waals surface area contributed by atoms with Crippen molar-refractivity contribution < 1.29 is 9.66 Å². The molecule has 1 aromatic heterocycles. The Kier molecular flexibility index (Phi) is 4.61. The normalized spacial score (nSPS) is 11.1. The summed E-state index contributed by atoms with van der Waals surface area (Å²) in [7, 11) is 1.55. The van der Waals surface area contributed by atoms with E-state index in [1.165, 1.54) is 33.9 Å². The maximum absolute atomic E-state index is 11.1. The highest BCUT2D eigenvalue weighted by atomic mass is 16.6. The van der Waals surface area contributed by atoms with Crippen molar-refractivity contribution in [2.45, 2.75) is 20.0 Å². The number of hydrogen-bond acceptors (Lipinski definition) is 4. The summed E-state index contributed by atoms with van der Waals surface area (Å²) < 4.78 is 7.64. The summed E-state index contributed by atoms with van der Waals surface area (Å²) in [5, 5.41) is 16.8. The Morgan fingerprint density at radius 2 is 1.82 bits per heavy atom. The number of ether oxygens (including phenoxy) is 1. The molecular weight excluding hydrogens is 354 g/mol. The van der Waals surface area contributed by atoms with Gasteiger partial charge in [0.15, 0.2) is 0 Å². The van der Waals surface area contributed by atoms with E-state index in [1.54, 1.807) is 13.2 Å². The van der Waals surface area contributed by atoms with Crippen molar-refractivity contribution in [1.82, 2.24) is 4.57 Å². The molecule has 0 unspecified atom stereocenters. The van der Waals surface area contributed by atoms with Gasteiger partial charge in [-0.15, -0.1) is 0 Å². The summed E-state index contributed by atoms with van der Waals surface area (Å²) in [5.41, 5.74) is 4.17. The molecule has 0 aliphatic carbocycles. The van der Waals surface area contributed by atoms with Crippen molar-refractivity contribution in [1.29, 1.82) is 0 Å². The third-order valence-electron chi connectivity index (χ3n) is 5.03. The molecule has 1 heterocycles. The molecule has 28 heavy (non-hydrogen) atoms. The van der Waals surface area contributed by atoms with E-state index >= 15 is 0 Å². The first-order chi connectivity index (χ1) is 13.6. The van der Waals surface area contributed by atoms with Gasteiger partial charge in [0.05, 0.1) is 17.7 Å². The fourth-order valence-corrected chi connectivity index (χ4v) is 3.70. The first-order valence-electron chi connectivity index (χ1n) is 9.18. The highest BCUT2D eigenvalue weighted by molar-refractivity contribution is 6.08. The molecule has 0 radical (unpaired) electrons. The summed E-state index contributed by atoms with van der Waals surface area (Å²) in [6.45, 7) is 3.60. The van der Waals surface area contributed by atoms with E-state index in [9.17, 15) is 10.1 Å². The van der Waals surface area contributed by atoms with Gasteiger partial charge in [0.25, 0.3) is 5.69 Å². The highest BCUT2D eigenvalue weighted by Crippen LogP contribution is 2.31. The topological polar surface area (TPSA) is 69.3 Å². The summed E-state index contributed by atoms with van der Waals surface area (Å²) in [4.78, 5) is 10.7. The van der Waals surface area contributed by atoms with E-state index in [-0.39, 0.29) is 5.69 Å². The van der Waals surface area contributed by atoms with E-state index in [1.807, 2.05) is 0 Å². The summed E-state index contributed by atoms with van der Waals surface area (Å²) in [6, 6.07) is 19.4. The molecule has 142 valence electrons. The van der Waals surface area contributed by atoms with Gasteiger partial charge in [-0.25, -0.2) is 0 Å². The Labute approximate surface area is 162 Å². The number of methoxy groups -OCH3 is 1. The van der Waals surface area contributed by atoms with Gasteiger partial charge in [-0.05, 0) is 36.8 Å². The molecule has 0 spiro atoms. The molecule has 0 aliphatic rings. The van der Waals surface area contributed by atoms with E-state index in [4.69, 9.17) is 4.74 Å². The SMILES string of the molecule is CCn1c2ccccc2c2cc(CNc3cc([N+](=O)[O-])ccc3OC)ccc21. The lowest BCUT2D eigenvalue weighted by Crippen LogP contribution is -2.02. The number of rotatable bonds is 6. The van der Waals surface area contributed by atoms with Gasteiger partial charge in [-0.2, -0.15) is 0 Å². The van der Waals surface area contributed by atoms with Gasteiger partial charge in [0.1, 0.15) is 5.75 Å². The minimum Gasteiger partial charge on any atom is -0.495 e. The largest absolute Gasteiger partial charge is 0.495 e. The second kappa shape index (κ2) is 7.23. The molecule has 0 bridgehead atoms. The van der Waals surface area contributed by atoms with Crippen LogP contribution in [0.5, 0.6) is 5.75 Å². The number of aromatic nitrogens is 1. The lowest BCUT2D eigenvalue weighted by molar-refractivity contribution is -0.384. The molecule has 3 aromatic carbocycles. The summed E-state index contributed by atoms with van der Waals surface area (Å²) in [6.07, 6.45) is 0. The van der Waals surface area contributed by atoms with E-state index in [2.05, 4.69) is 59.3 Å². The molecular formula is C22H21N3O3. The first-order valence-corrected chi connectivity index (χ1v) is 9.18. The van der Waals surface area contributed by atoms with Crippen LogP contribution in [0.2, 0.25) is 0 Å². The quantitative estimate of drug-likeness (QED) is 0.365. The van der Waals surface area contributed by atoms with Crippen molar-refractivity contribution in [2.75, 3.05) is 12.4 Å². The number of nitro groups is 1. The molecule has 0 amide bonds. The Morgan fingerprint density at radius 1 is 1.04 bits per heavy atom. The van der Waals surface area contributed by atoms with E-state index in [0.717, 1.165) is 12.1 Å². The average Bonchev–Trinajstić information content (AvgIpc) is 3.05. The van der Waals surface area contributed by atoms with Gasteiger partial charge >= 0.3 is 0 Å². The number of hydrogen-bond donors (Lipinski definition) is 1.